The van der Waals surface area contributed by atoms with Crippen LogP contribution in [0.15, 0.2) is 29.3 Å². The lowest BCUT2D eigenvalue weighted by Crippen LogP contribution is -2.38. The Kier molecular flexibility index (Phi) is 6.84. The average molecular weight is 303 g/mol. The van der Waals surface area contributed by atoms with Crippen LogP contribution < -0.4 is 15.4 Å². The Morgan fingerprint density at radius 3 is 2.57 bits per heavy atom. The highest BCUT2D eigenvalue weighted by molar-refractivity contribution is 5.79. The van der Waals surface area contributed by atoms with Crippen molar-refractivity contribution in [1.82, 2.24) is 10.6 Å². The topological polar surface area (TPSA) is 45.7 Å². The molecule has 1 aromatic carbocycles. The largest absolute Gasteiger partial charge is 0.496 e. The molecule has 0 saturated carbocycles. The Morgan fingerprint density at radius 2 is 1.95 bits per heavy atom. The van der Waals surface area contributed by atoms with E-state index in [0.717, 1.165) is 5.56 Å². The zero-order valence-electron chi connectivity index (χ0n) is 12.1. The molecular formula is C14H20F3N3O. The molecule has 2 N–H and O–H groups in total. The monoisotopic (exact) mass is 303 g/mol. The number of rotatable bonds is 6. The molecule has 1 aromatic rings. The maximum atomic E-state index is 12.1. The third-order valence-electron chi connectivity index (χ3n) is 2.65. The summed E-state index contributed by atoms with van der Waals surface area (Å²) in [6, 6.07) is 7.38. The number of methoxy groups -OCH3 is 1. The molecule has 0 fully saturated rings. The molecule has 0 aliphatic heterocycles. The highest BCUT2D eigenvalue weighted by atomic mass is 19.4. The van der Waals surface area contributed by atoms with Gasteiger partial charge < -0.3 is 15.4 Å². The van der Waals surface area contributed by atoms with E-state index in [-0.39, 0.29) is 6.54 Å². The maximum Gasteiger partial charge on any atom is 0.390 e. The zero-order chi connectivity index (χ0) is 15.7. The van der Waals surface area contributed by atoms with Crippen LogP contribution in [0.4, 0.5) is 13.2 Å². The third kappa shape index (κ3) is 6.87. The second-order valence-electron chi connectivity index (χ2n) is 4.30. The minimum atomic E-state index is -4.17. The molecule has 0 heterocycles. The molecule has 0 radical (unpaired) electrons. The van der Waals surface area contributed by atoms with Gasteiger partial charge in [-0.2, -0.15) is 13.2 Å². The molecule has 0 unspecified atom stereocenters. The molecule has 0 aromatic heterocycles. The number of hydrogen-bond acceptors (Lipinski definition) is 2. The summed E-state index contributed by atoms with van der Waals surface area (Å²) in [4.78, 5) is 4.26. The number of halogens is 3. The lowest BCUT2D eigenvalue weighted by atomic mass is 10.2. The fraction of sp³-hybridized carbons (Fsp3) is 0.500. The molecule has 118 valence electrons. The van der Waals surface area contributed by atoms with Crippen molar-refractivity contribution >= 4 is 5.96 Å². The molecule has 7 heteroatoms. The molecule has 0 spiro atoms. The summed E-state index contributed by atoms with van der Waals surface area (Å²) in [5, 5.41) is 5.57. The first-order chi connectivity index (χ1) is 9.96. The van der Waals surface area contributed by atoms with Crippen LogP contribution in [-0.4, -0.2) is 32.3 Å². The van der Waals surface area contributed by atoms with Gasteiger partial charge in [0.25, 0.3) is 0 Å². The predicted octanol–water partition coefficient (Wildman–Crippen LogP) is 2.70. The third-order valence-corrected chi connectivity index (χ3v) is 2.65. The van der Waals surface area contributed by atoms with Gasteiger partial charge in [-0.25, -0.2) is 4.99 Å². The standard InChI is InChI=1S/C14H20F3N3O/c1-3-18-13(19-9-8-14(15,16)17)20-10-11-6-4-5-7-12(11)21-2/h4-7H,3,8-10H2,1-2H3,(H2,18,19,20). The van der Waals surface area contributed by atoms with Crippen molar-refractivity contribution in [3.63, 3.8) is 0 Å². The summed E-state index contributed by atoms with van der Waals surface area (Å²) >= 11 is 0. The van der Waals surface area contributed by atoms with Crippen molar-refractivity contribution in [2.45, 2.75) is 26.1 Å². The van der Waals surface area contributed by atoms with Crippen LogP contribution in [0.1, 0.15) is 18.9 Å². The number of guanidine groups is 1. The fourth-order valence-electron chi connectivity index (χ4n) is 1.66. The molecule has 21 heavy (non-hydrogen) atoms. The van der Waals surface area contributed by atoms with E-state index in [1.807, 2.05) is 31.2 Å². The predicted molar refractivity (Wildman–Crippen MR) is 76.5 cm³/mol. The van der Waals surface area contributed by atoms with Gasteiger partial charge >= 0.3 is 6.18 Å². The molecule has 0 bridgehead atoms. The number of hydrogen-bond donors (Lipinski definition) is 2. The van der Waals surface area contributed by atoms with Gasteiger partial charge in [0.1, 0.15) is 5.75 Å². The van der Waals surface area contributed by atoms with E-state index in [9.17, 15) is 13.2 Å². The van der Waals surface area contributed by atoms with Crippen molar-refractivity contribution in [3.8, 4) is 5.75 Å². The van der Waals surface area contributed by atoms with Crippen LogP contribution in [0.2, 0.25) is 0 Å². The molecule has 0 aliphatic carbocycles. The van der Waals surface area contributed by atoms with Gasteiger partial charge in [-0.15, -0.1) is 0 Å². The van der Waals surface area contributed by atoms with Crippen LogP contribution in [-0.2, 0) is 6.54 Å². The van der Waals surface area contributed by atoms with E-state index in [2.05, 4.69) is 15.6 Å². The first-order valence-corrected chi connectivity index (χ1v) is 6.67. The molecule has 0 amide bonds. The van der Waals surface area contributed by atoms with Gasteiger partial charge in [-0.3, -0.25) is 0 Å². The Bertz CT molecular complexity index is 461. The van der Waals surface area contributed by atoms with Gasteiger partial charge in [0.2, 0.25) is 0 Å². The van der Waals surface area contributed by atoms with E-state index in [0.29, 0.717) is 24.8 Å². The van der Waals surface area contributed by atoms with E-state index < -0.39 is 12.6 Å². The lowest BCUT2D eigenvalue weighted by molar-refractivity contribution is -0.132. The number of alkyl halides is 3. The zero-order valence-corrected chi connectivity index (χ0v) is 12.1. The molecule has 4 nitrogen and oxygen atoms in total. The second kappa shape index (κ2) is 8.39. The summed E-state index contributed by atoms with van der Waals surface area (Å²) in [6.07, 6.45) is -5.07. The quantitative estimate of drug-likeness (QED) is 0.627. The van der Waals surface area contributed by atoms with E-state index >= 15 is 0 Å². The normalized spacial score (nSPS) is 12.1. The highest BCUT2D eigenvalue weighted by Gasteiger charge is 2.26. The Labute approximate surface area is 122 Å². The van der Waals surface area contributed by atoms with E-state index in [1.54, 1.807) is 7.11 Å². The summed E-state index contributed by atoms with van der Waals surface area (Å²) in [5.74, 6) is 1.06. The maximum absolute atomic E-state index is 12.1. The molecule has 0 saturated heterocycles. The van der Waals surface area contributed by atoms with Crippen LogP contribution in [0.3, 0.4) is 0 Å². The molecular weight excluding hydrogens is 283 g/mol. The van der Waals surface area contributed by atoms with Crippen LogP contribution >= 0.6 is 0 Å². The van der Waals surface area contributed by atoms with E-state index in [1.165, 1.54) is 0 Å². The molecule has 0 atom stereocenters. The highest BCUT2D eigenvalue weighted by Crippen LogP contribution is 2.19. The summed E-state index contributed by atoms with van der Waals surface area (Å²) in [6.45, 7) is 2.54. The van der Waals surface area contributed by atoms with Gasteiger partial charge in [-0.05, 0) is 13.0 Å². The van der Waals surface area contributed by atoms with Crippen LogP contribution in [0.25, 0.3) is 0 Å². The first kappa shape index (κ1) is 17.1. The molecule has 1 rings (SSSR count). The summed E-state index contributed by atoms with van der Waals surface area (Å²) < 4.78 is 41.6. The number of ether oxygens (including phenoxy) is 1. The van der Waals surface area contributed by atoms with Gasteiger partial charge in [0.05, 0.1) is 20.1 Å². The smallest absolute Gasteiger partial charge is 0.390 e. The van der Waals surface area contributed by atoms with Gasteiger partial charge in [-0.1, -0.05) is 18.2 Å². The SMILES string of the molecule is CCNC(=NCc1ccccc1OC)NCCC(F)(F)F. The lowest BCUT2D eigenvalue weighted by Gasteiger charge is -2.13. The van der Waals surface area contributed by atoms with Gasteiger partial charge in [0.15, 0.2) is 5.96 Å². The second-order valence-corrected chi connectivity index (χ2v) is 4.30. The molecule has 0 aliphatic rings. The number of nitrogens with one attached hydrogen (secondary N) is 2. The van der Waals surface area contributed by atoms with Crippen LogP contribution in [0, 0.1) is 0 Å². The number of nitrogens with zero attached hydrogens (tertiary/aromatic N) is 1. The number of para-hydroxylation sites is 1. The summed E-state index contributed by atoms with van der Waals surface area (Å²) in [5.41, 5.74) is 0.869. The minimum absolute atomic E-state index is 0.207. The van der Waals surface area contributed by atoms with Crippen molar-refractivity contribution < 1.29 is 17.9 Å². The van der Waals surface area contributed by atoms with Crippen molar-refractivity contribution in [3.05, 3.63) is 29.8 Å². The fourth-order valence-corrected chi connectivity index (χ4v) is 1.66. The Balaban J connectivity index is 2.62. The number of benzene rings is 1. The van der Waals surface area contributed by atoms with Crippen molar-refractivity contribution in [2.24, 2.45) is 4.99 Å². The first-order valence-electron chi connectivity index (χ1n) is 6.67. The minimum Gasteiger partial charge on any atom is -0.496 e. The summed E-state index contributed by atoms with van der Waals surface area (Å²) in [7, 11) is 1.56. The average Bonchev–Trinajstić information content (AvgIpc) is 2.43. The van der Waals surface area contributed by atoms with Crippen LogP contribution in [0.5, 0.6) is 5.75 Å². The van der Waals surface area contributed by atoms with Crippen molar-refractivity contribution in [2.75, 3.05) is 20.2 Å². The Hall–Kier alpha value is -1.92. The van der Waals surface area contributed by atoms with E-state index in [4.69, 9.17) is 4.74 Å². The van der Waals surface area contributed by atoms with Gasteiger partial charge in [0, 0.05) is 18.7 Å². The Morgan fingerprint density at radius 1 is 1.24 bits per heavy atom. The van der Waals surface area contributed by atoms with Crippen molar-refractivity contribution in [1.29, 1.82) is 0 Å². The number of aliphatic imine (C=N–C) groups is 1.